The summed E-state index contributed by atoms with van der Waals surface area (Å²) >= 11 is 0. The zero-order chi connectivity index (χ0) is 26.4. The molecule has 0 fully saturated rings. The Labute approximate surface area is 210 Å². The Hall–Kier alpha value is -5.34. The van der Waals surface area contributed by atoms with Gasteiger partial charge in [-0.25, -0.2) is 23.2 Å². The van der Waals surface area contributed by atoms with Gasteiger partial charge in [-0.2, -0.15) is 5.26 Å². The quantitative estimate of drug-likeness (QED) is 0.176. The topological polar surface area (TPSA) is 80.8 Å². The van der Waals surface area contributed by atoms with E-state index >= 15 is 0 Å². The van der Waals surface area contributed by atoms with Gasteiger partial charge in [-0.3, -0.25) is 0 Å². The van der Waals surface area contributed by atoms with E-state index in [9.17, 15) is 18.4 Å². The van der Waals surface area contributed by atoms with Gasteiger partial charge in [0.15, 0.2) is 0 Å². The van der Waals surface area contributed by atoms with Crippen LogP contribution in [-0.2, 0) is 6.42 Å². The van der Waals surface area contributed by atoms with E-state index in [-0.39, 0.29) is 33.9 Å². The van der Waals surface area contributed by atoms with Gasteiger partial charge in [0.2, 0.25) is 5.69 Å². The van der Waals surface area contributed by atoms with Gasteiger partial charge < -0.3 is 9.47 Å². The molecular weight excluding hydrogens is 478 g/mol. The Kier molecular flexibility index (Phi) is 7.32. The molecule has 0 bridgehead atoms. The second kappa shape index (κ2) is 10.9. The number of hydrogen-bond acceptors (Lipinski definition) is 5. The van der Waals surface area contributed by atoms with Crippen LogP contribution in [0, 0.1) is 29.5 Å². The van der Waals surface area contributed by atoms with Gasteiger partial charge in [0, 0.05) is 12.1 Å². The lowest BCUT2D eigenvalue weighted by molar-refractivity contribution is 0.0724. The van der Waals surface area contributed by atoms with Crippen LogP contribution in [0.2, 0.25) is 0 Å². The molecule has 0 saturated heterocycles. The molecule has 0 amide bonds. The van der Waals surface area contributed by atoms with E-state index in [4.69, 9.17) is 21.3 Å². The van der Waals surface area contributed by atoms with E-state index in [1.165, 1.54) is 24.3 Å². The highest BCUT2D eigenvalue weighted by atomic mass is 19.1. The molecule has 4 aromatic carbocycles. The maximum absolute atomic E-state index is 13.7. The Morgan fingerprint density at radius 3 is 1.68 bits per heavy atom. The van der Waals surface area contributed by atoms with Gasteiger partial charge >= 0.3 is 11.9 Å². The van der Waals surface area contributed by atoms with Crippen LogP contribution >= 0.6 is 0 Å². The van der Waals surface area contributed by atoms with Gasteiger partial charge in [0.1, 0.15) is 29.2 Å². The van der Waals surface area contributed by atoms with Crippen LogP contribution in [0.4, 0.5) is 14.5 Å². The second-order valence-electron chi connectivity index (χ2n) is 7.83. The molecule has 0 aliphatic rings. The van der Waals surface area contributed by atoms with E-state index in [1.807, 2.05) is 0 Å². The fourth-order valence-corrected chi connectivity index (χ4v) is 3.38. The van der Waals surface area contributed by atoms with Crippen LogP contribution < -0.4 is 9.47 Å². The molecule has 0 atom stereocenters. The lowest BCUT2D eigenvalue weighted by atomic mass is 10.0. The lowest BCUT2D eigenvalue weighted by Gasteiger charge is -2.08. The number of ether oxygens (including phenoxy) is 2. The molecule has 6 nitrogen and oxygen atoms in total. The number of benzene rings is 4. The summed E-state index contributed by atoms with van der Waals surface area (Å²) in [6, 6.07) is 22.2. The third-order valence-electron chi connectivity index (χ3n) is 5.31. The fraction of sp³-hybridized carbons (Fsp3) is 0.0345. The molecule has 0 heterocycles. The molecule has 0 aliphatic carbocycles. The second-order valence-corrected chi connectivity index (χ2v) is 7.83. The summed E-state index contributed by atoms with van der Waals surface area (Å²) in [5.41, 5.74) is 2.04. The molecule has 0 radical (unpaired) electrons. The average molecular weight is 494 g/mol. The van der Waals surface area contributed by atoms with Gasteiger partial charge in [-0.1, -0.05) is 24.3 Å². The van der Waals surface area contributed by atoms with Gasteiger partial charge in [-0.15, -0.1) is 0 Å². The highest BCUT2D eigenvalue weighted by molar-refractivity contribution is 5.91. The highest BCUT2D eigenvalue weighted by Crippen LogP contribution is 2.24. The summed E-state index contributed by atoms with van der Waals surface area (Å²) in [5.74, 6) is -2.87. The molecule has 0 spiro atoms. The van der Waals surface area contributed by atoms with Crippen molar-refractivity contribution < 1.29 is 27.8 Å². The molecule has 0 N–H and O–H groups in total. The number of carbonyl (C=O) groups is 2. The van der Waals surface area contributed by atoms with Crippen molar-refractivity contribution >= 4 is 17.6 Å². The van der Waals surface area contributed by atoms with Crippen molar-refractivity contribution in [2.45, 2.75) is 6.42 Å². The first-order valence-corrected chi connectivity index (χ1v) is 10.8. The molecule has 37 heavy (non-hydrogen) atoms. The number of hydrogen-bond donors (Lipinski definition) is 0. The molecular formula is C29H16F2N2O4. The summed E-state index contributed by atoms with van der Waals surface area (Å²) in [5, 5.41) is 8.78. The summed E-state index contributed by atoms with van der Waals surface area (Å²) < 4.78 is 37.8. The van der Waals surface area contributed by atoms with E-state index in [2.05, 4.69) is 4.85 Å². The molecule has 8 heteroatoms. The van der Waals surface area contributed by atoms with Crippen molar-refractivity contribution in [2.75, 3.05) is 0 Å². The molecule has 4 rings (SSSR count). The maximum atomic E-state index is 13.7. The summed E-state index contributed by atoms with van der Waals surface area (Å²) in [6.07, 6.45) is 0.523. The van der Waals surface area contributed by atoms with Crippen LogP contribution in [0.5, 0.6) is 11.5 Å². The lowest BCUT2D eigenvalue weighted by Crippen LogP contribution is -2.09. The minimum absolute atomic E-state index is 0.00177. The minimum Gasteiger partial charge on any atom is -0.423 e. The van der Waals surface area contributed by atoms with Crippen LogP contribution in [0.15, 0.2) is 84.9 Å². The largest absolute Gasteiger partial charge is 0.423 e. The molecule has 0 saturated carbocycles. The van der Waals surface area contributed by atoms with Gasteiger partial charge in [-0.05, 0) is 66.1 Å². The Morgan fingerprint density at radius 2 is 1.24 bits per heavy atom. The van der Waals surface area contributed by atoms with Crippen molar-refractivity contribution in [3.05, 3.63) is 136 Å². The van der Waals surface area contributed by atoms with E-state index in [1.54, 1.807) is 54.6 Å². The minimum atomic E-state index is -0.772. The number of nitrogens with zero attached hydrogens (tertiary/aromatic N) is 2. The van der Waals surface area contributed by atoms with Crippen molar-refractivity contribution in [1.29, 1.82) is 5.26 Å². The fourth-order valence-electron chi connectivity index (χ4n) is 3.38. The predicted molar refractivity (Wildman–Crippen MR) is 129 cm³/mol. The highest BCUT2D eigenvalue weighted by Gasteiger charge is 2.13. The van der Waals surface area contributed by atoms with Gasteiger partial charge in [0.05, 0.1) is 23.3 Å². The summed E-state index contributed by atoms with van der Waals surface area (Å²) in [6.45, 7) is 6.86. The zero-order valence-corrected chi connectivity index (χ0v) is 19.1. The molecule has 180 valence electrons. The predicted octanol–water partition coefficient (Wildman–Crippen LogP) is 6.42. The van der Waals surface area contributed by atoms with Crippen LogP contribution in [0.1, 0.15) is 37.4 Å². The maximum Gasteiger partial charge on any atom is 0.343 e. The third kappa shape index (κ3) is 6.02. The van der Waals surface area contributed by atoms with Crippen molar-refractivity contribution in [3.63, 3.8) is 0 Å². The Bertz CT molecular complexity index is 1450. The zero-order valence-electron chi connectivity index (χ0n) is 19.1. The van der Waals surface area contributed by atoms with Crippen molar-refractivity contribution in [1.82, 2.24) is 0 Å². The number of halogens is 2. The first-order chi connectivity index (χ1) is 17.9. The Morgan fingerprint density at radius 1 is 0.757 bits per heavy atom. The van der Waals surface area contributed by atoms with E-state index in [0.717, 1.165) is 23.3 Å². The number of esters is 2. The monoisotopic (exact) mass is 494 g/mol. The van der Waals surface area contributed by atoms with Crippen LogP contribution in [0.3, 0.4) is 0 Å². The standard InChI is InChI=1S/C29H16F2N2O4/c1-33-27-13-12-24(16-26(27)31)37-29(35)21-8-4-19(5-9-21)14-18-2-6-20(7-3-18)28(34)36-23-11-10-22(17-32)25(30)15-23/h2-13,15-16H,14H2. The number of rotatable bonds is 6. The smallest absolute Gasteiger partial charge is 0.343 e. The van der Waals surface area contributed by atoms with E-state index in [0.29, 0.717) is 6.42 Å². The number of carbonyl (C=O) groups excluding carboxylic acids is 2. The third-order valence-corrected chi connectivity index (χ3v) is 5.31. The first-order valence-electron chi connectivity index (χ1n) is 10.8. The SMILES string of the molecule is [C-]#[N+]c1ccc(OC(=O)c2ccc(Cc3ccc(C(=O)Oc4ccc(C#N)c(F)c4)cc3)cc2)cc1F. The first kappa shape index (κ1) is 24.8. The normalized spacial score (nSPS) is 10.2. The van der Waals surface area contributed by atoms with Crippen LogP contribution in [0.25, 0.3) is 4.85 Å². The molecule has 0 aromatic heterocycles. The molecule has 0 aliphatic heterocycles. The summed E-state index contributed by atoms with van der Waals surface area (Å²) in [4.78, 5) is 27.7. The molecule has 0 unspecified atom stereocenters. The van der Waals surface area contributed by atoms with E-state index < -0.39 is 23.6 Å². The van der Waals surface area contributed by atoms with Crippen molar-refractivity contribution in [3.8, 4) is 17.6 Å². The van der Waals surface area contributed by atoms with Gasteiger partial charge in [0.25, 0.3) is 0 Å². The average Bonchev–Trinajstić information content (AvgIpc) is 2.90. The summed E-state index contributed by atoms with van der Waals surface area (Å²) in [7, 11) is 0. The Balaban J connectivity index is 1.35. The number of nitriles is 1. The van der Waals surface area contributed by atoms with Crippen molar-refractivity contribution in [2.24, 2.45) is 0 Å². The molecule has 4 aromatic rings. The van der Waals surface area contributed by atoms with Crippen LogP contribution in [-0.4, -0.2) is 11.9 Å².